The van der Waals surface area contributed by atoms with Crippen molar-refractivity contribution in [3.63, 3.8) is 0 Å². The molecule has 1 rings (SSSR count). The Kier molecular flexibility index (Phi) is 3.64. The average molecular weight is 153 g/mol. The molecular formula is C10H19N. The molecule has 1 heteroatoms. The van der Waals surface area contributed by atoms with Crippen molar-refractivity contribution in [1.29, 1.82) is 0 Å². The molecule has 0 atom stereocenters. The zero-order chi connectivity index (χ0) is 8.10. The van der Waals surface area contributed by atoms with E-state index in [2.05, 4.69) is 31.3 Å². The van der Waals surface area contributed by atoms with Crippen molar-refractivity contribution in [3.05, 3.63) is 12.2 Å². The Hall–Kier alpha value is -0.300. The molecule has 1 saturated heterocycles. The molecule has 0 amide bonds. The van der Waals surface area contributed by atoms with Crippen LogP contribution in [-0.4, -0.2) is 13.1 Å². The largest absolute Gasteiger partial charge is 0.317 e. The van der Waals surface area contributed by atoms with Crippen molar-refractivity contribution in [3.8, 4) is 0 Å². The van der Waals surface area contributed by atoms with Gasteiger partial charge in [-0.05, 0) is 37.8 Å². The number of allylic oxidation sites excluding steroid dienone is 2. The van der Waals surface area contributed by atoms with E-state index in [0.717, 1.165) is 5.92 Å². The van der Waals surface area contributed by atoms with E-state index in [4.69, 9.17) is 0 Å². The molecule has 1 aliphatic rings. The molecule has 1 fully saturated rings. The fourth-order valence-corrected chi connectivity index (χ4v) is 1.42. The van der Waals surface area contributed by atoms with Crippen molar-refractivity contribution in [2.75, 3.05) is 13.1 Å². The van der Waals surface area contributed by atoms with Gasteiger partial charge in [-0.15, -0.1) is 0 Å². The summed E-state index contributed by atoms with van der Waals surface area (Å²) < 4.78 is 0. The topological polar surface area (TPSA) is 12.0 Å². The molecule has 1 heterocycles. The molecule has 0 aromatic heterocycles. The van der Waals surface area contributed by atoms with Gasteiger partial charge in [-0.1, -0.05) is 26.0 Å². The standard InChI is InChI=1S/C10H19N/c1-9(2)3-4-10-5-7-11-8-6-10/h3-4,9-11H,5-8H2,1-2H3/b4-3+. The highest BCUT2D eigenvalue weighted by Gasteiger charge is 2.08. The second-order valence-electron chi connectivity index (χ2n) is 3.72. The van der Waals surface area contributed by atoms with Gasteiger partial charge in [-0.3, -0.25) is 0 Å². The highest BCUT2D eigenvalue weighted by atomic mass is 14.9. The van der Waals surface area contributed by atoms with Gasteiger partial charge in [0.2, 0.25) is 0 Å². The van der Waals surface area contributed by atoms with E-state index in [9.17, 15) is 0 Å². The van der Waals surface area contributed by atoms with Crippen LogP contribution in [0.2, 0.25) is 0 Å². The fraction of sp³-hybridized carbons (Fsp3) is 0.800. The molecule has 64 valence electrons. The third-order valence-corrected chi connectivity index (χ3v) is 2.15. The summed E-state index contributed by atoms with van der Waals surface area (Å²) in [5.74, 6) is 1.56. The van der Waals surface area contributed by atoms with Crippen LogP contribution in [0.3, 0.4) is 0 Å². The van der Waals surface area contributed by atoms with Gasteiger partial charge < -0.3 is 5.32 Å². The maximum Gasteiger partial charge on any atom is -0.00433 e. The first kappa shape index (κ1) is 8.79. The predicted molar refractivity (Wildman–Crippen MR) is 49.6 cm³/mol. The molecule has 1 nitrogen and oxygen atoms in total. The second kappa shape index (κ2) is 4.55. The summed E-state index contributed by atoms with van der Waals surface area (Å²) >= 11 is 0. The van der Waals surface area contributed by atoms with Crippen LogP contribution in [0.25, 0.3) is 0 Å². The van der Waals surface area contributed by atoms with Gasteiger partial charge in [-0.25, -0.2) is 0 Å². The van der Waals surface area contributed by atoms with Gasteiger partial charge in [0.05, 0.1) is 0 Å². The first-order valence-electron chi connectivity index (χ1n) is 4.68. The van der Waals surface area contributed by atoms with Crippen molar-refractivity contribution >= 4 is 0 Å². The molecule has 0 spiro atoms. The van der Waals surface area contributed by atoms with Crippen LogP contribution in [0.4, 0.5) is 0 Å². The van der Waals surface area contributed by atoms with E-state index in [1.54, 1.807) is 0 Å². The zero-order valence-corrected chi connectivity index (χ0v) is 7.64. The lowest BCUT2D eigenvalue weighted by molar-refractivity contribution is 0.435. The SMILES string of the molecule is CC(C)/C=C/C1CCNCC1. The molecule has 1 aliphatic heterocycles. The van der Waals surface area contributed by atoms with Gasteiger partial charge in [-0.2, -0.15) is 0 Å². The number of nitrogens with one attached hydrogen (secondary N) is 1. The molecule has 11 heavy (non-hydrogen) atoms. The summed E-state index contributed by atoms with van der Waals surface area (Å²) in [6, 6.07) is 0. The van der Waals surface area contributed by atoms with Crippen LogP contribution in [0, 0.1) is 11.8 Å². The van der Waals surface area contributed by atoms with Crippen LogP contribution < -0.4 is 5.32 Å². The summed E-state index contributed by atoms with van der Waals surface area (Å²) in [5.41, 5.74) is 0. The molecule has 0 unspecified atom stereocenters. The molecule has 1 N–H and O–H groups in total. The van der Waals surface area contributed by atoms with Crippen LogP contribution in [-0.2, 0) is 0 Å². The van der Waals surface area contributed by atoms with E-state index >= 15 is 0 Å². The van der Waals surface area contributed by atoms with Gasteiger partial charge in [0, 0.05) is 0 Å². The van der Waals surface area contributed by atoms with Gasteiger partial charge >= 0.3 is 0 Å². The van der Waals surface area contributed by atoms with Crippen molar-refractivity contribution in [2.24, 2.45) is 11.8 Å². The number of rotatable bonds is 2. The third-order valence-electron chi connectivity index (χ3n) is 2.15. The Morgan fingerprint density at radius 3 is 2.45 bits per heavy atom. The summed E-state index contributed by atoms with van der Waals surface area (Å²) in [5, 5.41) is 3.37. The summed E-state index contributed by atoms with van der Waals surface area (Å²) in [4.78, 5) is 0. The maximum absolute atomic E-state index is 3.37. The van der Waals surface area contributed by atoms with Gasteiger partial charge in [0.25, 0.3) is 0 Å². The molecule has 0 aromatic carbocycles. The minimum atomic E-state index is 0.713. The van der Waals surface area contributed by atoms with E-state index in [1.807, 2.05) is 0 Å². The molecule has 0 bridgehead atoms. The minimum Gasteiger partial charge on any atom is -0.317 e. The Balaban J connectivity index is 2.23. The van der Waals surface area contributed by atoms with Crippen molar-refractivity contribution in [1.82, 2.24) is 5.32 Å². The summed E-state index contributed by atoms with van der Waals surface area (Å²) in [6.45, 7) is 6.87. The Bertz CT molecular complexity index is 121. The van der Waals surface area contributed by atoms with Crippen LogP contribution in [0.15, 0.2) is 12.2 Å². The summed E-state index contributed by atoms with van der Waals surface area (Å²) in [7, 11) is 0. The van der Waals surface area contributed by atoms with Crippen LogP contribution >= 0.6 is 0 Å². The third kappa shape index (κ3) is 3.57. The highest BCUT2D eigenvalue weighted by Crippen LogP contribution is 2.13. The van der Waals surface area contributed by atoms with Crippen LogP contribution in [0.1, 0.15) is 26.7 Å². The molecule has 0 aromatic rings. The lowest BCUT2D eigenvalue weighted by Gasteiger charge is -2.19. The smallest absolute Gasteiger partial charge is 0.00433 e. The Morgan fingerprint density at radius 1 is 1.27 bits per heavy atom. The van der Waals surface area contributed by atoms with E-state index in [-0.39, 0.29) is 0 Å². The normalized spacial score (nSPS) is 21.7. The quantitative estimate of drug-likeness (QED) is 0.600. The summed E-state index contributed by atoms with van der Waals surface area (Å²) in [6.07, 6.45) is 7.37. The second-order valence-corrected chi connectivity index (χ2v) is 3.72. The fourth-order valence-electron chi connectivity index (χ4n) is 1.42. The molecular weight excluding hydrogens is 134 g/mol. The maximum atomic E-state index is 3.37. The zero-order valence-electron chi connectivity index (χ0n) is 7.64. The van der Waals surface area contributed by atoms with Gasteiger partial charge in [0.1, 0.15) is 0 Å². The molecule has 0 aliphatic carbocycles. The Labute approximate surface area is 69.9 Å². The van der Waals surface area contributed by atoms with E-state index in [1.165, 1.54) is 25.9 Å². The van der Waals surface area contributed by atoms with Crippen molar-refractivity contribution < 1.29 is 0 Å². The van der Waals surface area contributed by atoms with E-state index in [0.29, 0.717) is 5.92 Å². The molecule has 0 saturated carbocycles. The van der Waals surface area contributed by atoms with Crippen LogP contribution in [0.5, 0.6) is 0 Å². The Morgan fingerprint density at radius 2 is 1.91 bits per heavy atom. The van der Waals surface area contributed by atoms with Crippen molar-refractivity contribution in [2.45, 2.75) is 26.7 Å². The van der Waals surface area contributed by atoms with Gasteiger partial charge in [0.15, 0.2) is 0 Å². The minimum absolute atomic E-state index is 0.713. The average Bonchev–Trinajstić information content (AvgIpc) is 2.03. The predicted octanol–water partition coefficient (Wildman–Crippen LogP) is 2.20. The van der Waals surface area contributed by atoms with E-state index < -0.39 is 0 Å². The first-order valence-corrected chi connectivity index (χ1v) is 4.68. The number of piperidine rings is 1. The number of hydrogen-bond donors (Lipinski definition) is 1. The lowest BCUT2D eigenvalue weighted by Crippen LogP contribution is -2.26. The number of hydrogen-bond acceptors (Lipinski definition) is 1. The molecule has 0 radical (unpaired) electrons. The highest BCUT2D eigenvalue weighted by molar-refractivity contribution is 4.92. The first-order chi connectivity index (χ1) is 5.29. The lowest BCUT2D eigenvalue weighted by atomic mass is 9.96. The monoisotopic (exact) mass is 153 g/mol.